The minimum absolute atomic E-state index is 0.118. The first-order valence-electron chi connectivity index (χ1n) is 9.37. The number of hydrogen-bond acceptors (Lipinski definition) is 4. The summed E-state index contributed by atoms with van der Waals surface area (Å²) in [6.07, 6.45) is 0. The van der Waals surface area contributed by atoms with Crippen molar-refractivity contribution in [3.63, 3.8) is 0 Å². The highest BCUT2D eigenvalue weighted by Crippen LogP contribution is 2.06. The zero-order valence-corrected chi connectivity index (χ0v) is 16.1. The predicted molar refractivity (Wildman–Crippen MR) is 113 cm³/mol. The minimum atomic E-state index is -0.412. The van der Waals surface area contributed by atoms with Crippen LogP contribution in [0.25, 0.3) is 0 Å². The third kappa shape index (κ3) is 5.48. The molecule has 3 aromatic carbocycles. The Morgan fingerprint density at radius 1 is 0.467 bits per heavy atom. The number of ketones is 2. The average Bonchev–Trinajstić information content (AvgIpc) is 2.81. The molecule has 0 aromatic heterocycles. The first-order valence-corrected chi connectivity index (χ1v) is 9.37. The molecule has 0 aliphatic rings. The molecule has 0 bridgehead atoms. The normalized spacial score (nSPS) is 10.1. The van der Waals surface area contributed by atoms with E-state index in [1.165, 1.54) is 24.3 Å². The van der Waals surface area contributed by atoms with Crippen LogP contribution in [0.15, 0.2) is 84.9 Å². The van der Waals surface area contributed by atoms with E-state index in [1.807, 2.05) is 12.1 Å². The van der Waals surface area contributed by atoms with Crippen LogP contribution < -0.4 is 10.6 Å². The quantitative estimate of drug-likeness (QED) is 0.569. The number of nitrogens with one attached hydrogen (secondary N) is 2. The molecule has 6 nitrogen and oxygen atoms in total. The molecule has 0 radical (unpaired) electrons. The lowest BCUT2D eigenvalue weighted by Crippen LogP contribution is -2.30. The molecule has 3 aromatic rings. The summed E-state index contributed by atoms with van der Waals surface area (Å²) in [6, 6.07) is 23.4. The Bertz CT molecular complexity index is 959. The van der Waals surface area contributed by atoms with Crippen LogP contribution in [-0.4, -0.2) is 36.5 Å². The second-order valence-corrected chi connectivity index (χ2v) is 6.52. The standard InChI is InChI=1S/C24H20N2O4/c27-21(17-7-3-1-4-8-17)15-25-23(29)19-11-13-20(14-12-19)24(30)26-16-22(28)18-9-5-2-6-10-18/h1-14H,15-16H2,(H,25,29)(H,26,30). The van der Waals surface area contributed by atoms with Crippen LogP contribution in [-0.2, 0) is 0 Å². The van der Waals surface area contributed by atoms with E-state index in [4.69, 9.17) is 0 Å². The van der Waals surface area contributed by atoms with Gasteiger partial charge in [0.2, 0.25) is 0 Å². The molecular formula is C24H20N2O4. The van der Waals surface area contributed by atoms with Crippen molar-refractivity contribution in [2.75, 3.05) is 13.1 Å². The maximum atomic E-state index is 12.2. The summed E-state index contributed by atoms with van der Waals surface area (Å²) in [5.41, 5.74) is 1.70. The molecule has 0 spiro atoms. The molecule has 0 atom stereocenters. The van der Waals surface area contributed by atoms with Gasteiger partial charge in [0.05, 0.1) is 13.1 Å². The van der Waals surface area contributed by atoms with Crippen LogP contribution >= 0.6 is 0 Å². The Morgan fingerprint density at radius 3 is 1.13 bits per heavy atom. The van der Waals surface area contributed by atoms with Gasteiger partial charge >= 0.3 is 0 Å². The van der Waals surface area contributed by atoms with E-state index in [1.54, 1.807) is 48.5 Å². The molecule has 6 heteroatoms. The molecule has 150 valence electrons. The van der Waals surface area contributed by atoms with Gasteiger partial charge in [-0.15, -0.1) is 0 Å². The molecule has 2 N–H and O–H groups in total. The lowest BCUT2D eigenvalue weighted by molar-refractivity contribution is 0.0901. The predicted octanol–water partition coefficient (Wildman–Crippen LogP) is 2.91. The zero-order chi connectivity index (χ0) is 21.3. The molecular weight excluding hydrogens is 380 g/mol. The summed E-state index contributed by atoms with van der Waals surface area (Å²) in [5.74, 6) is -1.21. The molecule has 0 aliphatic carbocycles. The Labute approximate surface area is 173 Å². The van der Waals surface area contributed by atoms with E-state index in [0.29, 0.717) is 22.3 Å². The lowest BCUT2D eigenvalue weighted by Gasteiger charge is -2.07. The van der Waals surface area contributed by atoms with Gasteiger partial charge in [0.15, 0.2) is 11.6 Å². The third-order valence-corrected chi connectivity index (χ3v) is 4.42. The topological polar surface area (TPSA) is 92.3 Å². The zero-order valence-electron chi connectivity index (χ0n) is 16.1. The SMILES string of the molecule is O=C(CNC(=O)c1ccc(C(=O)NCC(=O)c2ccccc2)cc1)c1ccccc1. The second kappa shape index (κ2) is 9.93. The summed E-state index contributed by atoms with van der Waals surface area (Å²) in [7, 11) is 0. The monoisotopic (exact) mass is 400 g/mol. The van der Waals surface area contributed by atoms with Crippen molar-refractivity contribution in [3.8, 4) is 0 Å². The third-order valence-electron chi connectivity index (χ3n) is 4.42. The highest BCUT2D eigenvalue weighted by atomic mass is 16.2. The summed E-state index contributed by atoms with van der Waals surface area (Å²) in [5, 5.41) is 5.14. The first kappa shape index (κ1) is 20.7. The molecule has 0 fully saturated rings. The summed E-state index contributed by atoms with van der Waals surface area (Å²) >= 11 is 0. The Hall–Kier alpha value is -4.06. The van der Waals surface area contributed by atoms with Gasteiger partial charge in [0.25, 0.3) is 11.8 Å². The fraction of sp³-hybridized carbons (Fsp3) is 0.0833. The number of hydrogen-bond donors (Lipinski definition) is 2. The average molecular weight is 400 g/mol. The molecule has 0 aliphatic heterocycles. The van der Waals surface area contributed by atoms with Gasteiger partial charge in [0, 0.05) is 22.3 Å². The van der Waals surface area contributed by atoms with Crippen LogP contribution in [0, 0.1) is 0 Å². The van der Waals surface area contributed by atoms with E-state index in [9.17, 15) is 19.2 Å². The highest BCUT2D eigenvalue weighted by molar-refractivity contribution is 6.04. The van der Waals surface area contributed by atoms with E-state index >= 15 is 0 Å². The van der Waals surface area contributed by atoms with Crippen LogP contribution in [0.1, 0.15) is 41.4 Å². The largest absolute Gasteiger partial charge is 0.345 e. The summed E-state index contributed by atoms with van der Waals surface area (Å²) < 4.78 is 0. The van der Waals surface area contributed by atoms with E-state index in [-0.39, 0.29) is 24.7 Å². The highest BCUT2D eigenvalue weighted by Gasteiger charge is 2.12. The molecule has 30 heavy (non-hydrogen) atoms. The van der Waals surface area contributed by atoms with E-state index < -0.39 is 11.8 Å². The molecule has 3 rings (SSSR count). The first-order chi connectivity index (χ1) is 14.5. The molecule has 0 unspecified atom stereocenters. The van der Waals surface area contributed by atoms with Crippen molar-refractivity contribution in [3.05, 3.63) is 107 Å². The van der Waals surface area contributed by atoms with Gasteiger partial charge in [-0.2, -0.15) is 0 Å². The Morgan fingerprint density at radius 2 is 0.800 bits per heavy atom. The van der Waals surface area contributed by atoms with Crippen molar-refractivity contribution in [2.45, 2.75) is 0 Å². The number of Topliss-reactive ketones (excluding diaryl/α,β-unsaturated/α-hetero) is 2. The van der Waals surface area contributed by atoms with Gasteiger partial charge in [-0.1, -0.05) is 60.7 Å². The number of amides is 2. The second-order valence-electron chi connectivity index (χ2n) is 6.52. The van der Waals surface area contributed by atoms with Gasteiger partial charge in [-0.05, 0) is 24.3 Å². The van der Waals surface area contributed by atoms with Crippen LogP contribution in [0.5, 0.6) is 0 Å². The Balaban J connectivity index is 1.51. The summed E-state index contributed by atoms with van der Waals surface area (Å²) in [6.45, 7) is -0.237. The van der Waals surface area contributed by atoms with Crippen molar-refractivity contribution < 1.29 is 19.2 Å². The lowest BCUT2D eigenvalue weighted by atomic mass is 10.1. The molecule has 0 saturated carbocycles. The smallest absolute Gasteiger partial charge is 0.251 e. The molecule has 2 amide bonds. The Kier molecular flexibility index (Phi) is 6.84. The van der Waals surface area contributed by atoms with Crippen molar-refractivity contribution >= 4 is 23.4 Å². The van der Waals surface area contributed by atoms with Crippen molar-refractivity contribution in [1.29, 1.82) is 0 Å². The number of carbonyl (C=O) groups excluding carboxylic acids is 4. The van der Waals surface area contributed by atoms with Gasteiger partial charge in [-0.25, -0.2) is 0 Å². The molecule has 0 saturated heterocycles. The minimum Gasteiger partial charge on any atom is -0.345 e. The fourth-order valence-electron chi connectivity index (χ4n) is 2.75. The van der Waals surface area contributed by atoms with Crippen LogP contribution in [0.2, 0.25) is 0 Å². The fourth-order valence-corrected chi connectivity index (χ4v) is 2.75. The van der Waals surface area contributed by atoms with E-state index in [0.717, 1.165) is 0 Å². The van der Waals surface area contributed by atoms with E-state index in [2.05, 4.69) is 10.6 Å². The van der Waals surface area contributed by atoms with Gasteiger partial charge in [-0.3, -0.25) is 19.2 Å². The number of carbonyl (C=O) groups is 4. The van der Waals surface area contributed by atoms with Gasteiger partial charge < -0.3 is 10.6 Å². The van der Waals surface area contributed by atoms with Crippen LogP contribution in [0.4, 0.5) is 0 Å². The molecule has 0 heterocycles. The van der Waals surface area contributed by atoms with Crippen molar-refractivity contribution in [1.82, 2.24) is 10.6 Å². The van der Waals surface area contributed by atoms with Crippen LogP contribution in [0.3, 0.4) is 0 Å². The maximum Gasteiger partial charge on any atom is 0.251 e. The van der Waals surface area contributed by atoms with Crippen molar-refractivity contribution in [2.24, 2.45) is 0 Å². The van der Waals surface area contributed by atoms with Gasteiger partial charge in [0.1, 0.15) is 0 Å². The summed E-state index contributed by atoms with van der Waals surface area (Å²) in [4.78, 5) is 48.6. The number of rotatable bonds is 8. The maximum absolute atomic E-state index is 12.2. The number of benzene rings is 3.